The Morgan fingerprint density at radius 3 is 2.10 bits per heavy atom. The van der Waals surface area contributed by atoms with E-state index in [1.807, 2.05) is 97.1 Å². The zero-order chi connectivity index (χ0) is 21.5. The Bertz CT molecular complexity index is 1050. The van der Waals surface area contributed by atoms with Crippen molar-refractivity contribution in [2.75, 3.05) is 6.54 Å². The zero-order valence-electron chi connectivity index (χ0n) is 17.1. The van der Waals surface area contributed by atoms with E-state index >= 15 is 0 Å². The lowest BCUT2D eigenvalue weighted by Gasteiger charge is -2.27. The third-order valence-electron chi connectivity index (χ3n) is 5.23. The summed E-state index contributed by atoms with van der Waals surface area (Å²) in [5.41, 5.74) is 3.47. The average molecular weight is 412 g/mol. The molecule has 1 N–H and O–H groups in total. The van der Waals surface area contributed by atoms with Gasteiger partial charge in [-0.3, -0.25) is 9.69 Å². The van der Waals surface area contributed by atoms with Crippen LogP contribution in [0.3, 0.4) is 0 Å². The van der Waals surface area contributed by atoms with Crippen LogP contribution >= 0.6 is 0 Å². The molecule has 2 amide bonds. The highest BCUT2D eigenvalue weighted by atomic mass is 16.6. The fourth-order valence-electron chi connectivity index (χ4n) is 3.58. The molecule has 0 fully saturated rings. The van der Waals surface area contributed by atoms with Gasteiger partial charge in [-0.15, -0.1) is 0 Å². The Hall–Kier alpha value is -3.86. The van der Waals surface area contributed by atoms with Gasteiger partial charge < -0.3 is 10.1 Å². The van der Waals surface area contributed by atoms with E-state index in [1.165, 1.54) is 4.90 Å². The maximum atomic E-state index is 13.2. The van der Waals surface area contributed by atoms with Crippen LogP contribution in [0.2, 0.25) is 0 Å². The molecule has 0 radical (unpaired) electrons. The summed E-state index contributed by atoms with van der Waals surface area (Å²) in [6, 6.07) is 28.1. The molecule has 1 heterocycles. The topological polar surface area (TPSA) is 58.6 Å². The minimum Gasteiger partial charge on any atom is -0.445 e. The molecule has 31 heavy (non-hydrogen) atoms. The number of benzene rings is 3. The molecule has 3 aromatic rings. The van der Waals surface area contributed by atoms with Gasteiger partial charge in [-0.25, -0.2) is 4.79 Å². The van der Waals surface area contributed by atoms with Crippen LogP contribution in [0.1, 0.15) is 16.7 Å². The van der Waals surface area contributed by atoms with Crippen molar-refractivity contribution < 1.29 is 14.3 Å². The fraction of sp³-hybridized carbons (Fsp3) is 0.154. The number of rotatable bonds is 5. The maximum Gasteiger partial charge on any atom is 0.411 e. The lowest BCUT2D eigenvalue weighted by atomic mass is 10.0. The van der Waals surface area contributed by atoms with E-state index < -0.39 is 12.1 Å². The largest absolute Gasteiger partial charge is 0.445 e. The van der Waals surface area contributed by atoms with E-state index in [4.69, 9.17) is 4.74 Å². The van der Waals surface area contributed by atoms with Crippen molar-refractivity contribution in [3.63, 3.8) is 0 Å². The molecule has 0 saturated heterocycles. The Morgan fingerprint density at radius 1 is 0.871 bits per heavy atom. The molecular formula is C26H24N2O3. The summed E-state index contributed by atoms with van der Waals surface area (Å²) < 4.78 is 5.56. The number of carbonyl (C=O) groups excluding carboxylic acids is 2. The second kappa shape index (κ2) is 9.76. The lowest BCUT2D eigenvalue weighted by Crippen LogP contribution is -2.49. The monoisotopic (exact) mass is 412 g/mol. The van der Waals surface area contributed by atoms with Gasteiger partial charge in [0.1, 0.15) is 12.6 Å². The second-order valence-electron chi connectivity index (χ2n) is 7.37. The first kappa shape index (κ1) is 20.4. The van der Waals surface area contributed by atoms with E-state index in [1.54, 1.807) is 0 Å². The van der Waals surface area contributed by atoms with Crippen LogP contribution in [0.15, 0.2) is 97.1 Å². The third-order valence-corrected chi connectivity index (χ3v) is 5.23. The van der Waals surface area contributed by atoms with Crippen molar-refractivity contribution in [3.05, 3.63) is 114 Å². The molecule has 3 aromatic carbocycles. The van der Waals surface area contributed by atoms with Crippen molar-refractivity contribution in [1.29, 1.82) is 0 Å². The number of hydrogen-bond acceptors (Lipinski definition) is 3. The van der Waals surface area contributed by atoms with Crippen molar-refractivity contribution in [2.45, 2.75) is 19.1 Å². The van der Waals surface area contributed by atoms with Crippen molar-refractivity contribution >= 4 is 17.7 Å². The normalized spacial score (nSPS) is 16.1. The Morgan fingerprint density at radius 2 is 1.45 bits per heavy atom. The van der Waals surface area contributed by atoms with Crippen molar-refractivity contribution in [3.8, 4) is 0 Å². The third kappa shape index (κ3) is 5.20. The molecular weight excluding hydrogens is 388 g/mol. The molecule has 1 aliphatic rings. The van der Waals surface area contributed by atoms with Crippen LogP contribution in [0.5, 0.6) is 0 Å². The van der Waals surface area contributed by atoms with Crippen molar-refractivity contribution in [1.82, 2.24) is 10.2 Å². The highest BCUT2D eigenvalue weighted by molar-refractivity contribution is 5.93. The van der Waals surface area contributed by atoms with Gasteiger partial charge in [0.15, 0.2) is 0 Å². The maximum absolute atomic E-state index is 13.2. The predicted octanol–water partition coefficient (Wildman–Crippen LogP) is 4.41. The van der Waals surface area contributed by atoms with E-state index in [0.717, 1.165) is 16.7 Å². The highest BCUT2D eigenvalue weighted by Gasteiger charge is 2.33. The molecule has 1 atom stereocenters. The van der Waals surface area contributed by atoms with Gasteiger partial charge in [-0.1, -0.05) is 91.0 Å². The van der Waals surface area contributed by atoms with Gasteiger partial charge in [0.2, 0.25) is 5.91 Å². The molecule has 156 valence electrons. The van der Waals surface area contributed by atoms with Gasteiger partial charge in [-0.05, 0) is 22.8 Å². The van der Waals surface area contributed by atoms with Gasteiger partial charge in [0.25, 0.3) is 0 Å². The molecule has 0 bridgehead atoms. The summed E-state index contributed by atoms with van der Waals surface area (Å²) in [5, 5.41) is 3.00. The predicted molar refractivity (Wildman–Crippen MR) is 120 cm³/mol. The molecule has 0 saturated carbocycles. The Kier molecular flexibility index (Phi) is 6.43. The summed E-state index contributed by atoms with van der Waals surface area (Å²) >= 11 is 0. The number of amides is 2. The fourth-order valence-corrected chi connectivity index (χ4v) is 3.58. The van der Waals surface area contributed by atoms with Gasteiger partial charge in [0.05, 0.1) is 0 Å². The SMILES string of the molecule is O=C1NC(c2ccccc2)=CCN(C(=O)OCc2ccccc2)[C@H]1Cc1ccccc1. The summed E-state index contributed by atoms with van der Waals surface area (Å²) in [5.74, 6) is -0.229. The second-order valence-corrected chi connectivity index (χ2v) is 7.37. The quantitative estimate of drug-likeness (QED) is 0.675. The zero-order valence-corrected chi connectivity index (χ0v) is 17.1. The molecule has 4 rings (SSSR count). The number of ether oxygens (including phenoxy) is 1. The van der Waals surface area contributed by atoms with E-state index in [0.29, 0.717) is 12.1 Å². The van der Waals surface area contributed by atoms with Crippen molar-refractivity contribution in [2.24, 2.45) is 0 Å². The van der Waals surface area contributed by atoms with Crippen LogP contribution < -0.4 is 5.32 Å². The van der Waals surface area contributed by atoms with E-state index in [2.05, 4.69) is 5.32 Å². The highest BCUT2D eigenvalue weighted by Crippen LogP contribution is 2.19. The van der Waals surface area contributed by atoms with Crippen LogP contribution in [-0.4, -0.2) is 29.5 Å². The lowest BCUT2D eigenvalue weighted by molar-refractivity contribution is -0.124. The number of carbonyl (C=O) groups is 2. The summed E-state index contributed by atoms with van der Waals surface area (Å²) in [4.78, 5) is 27.7. The summed E-state index contributed by atoms with van der Waals surface area (Å²) in [7, 11) is 0. The van der Waals surface area contributed by atoms with Crippen LogP contribution in [0.25, 0.3) is 5.70 Å². The standard InChI is InChI=1S/C26H24N2O3/c29-25-24(18-20-10-4-1-5-11-20)28(26(30)31-19-21-12-6-2-7-13-21)17-16-23(27-25)22-14-8-3-9-15-22/h1-16,24H,17-19H2,(H,27,29)/t24-/m0/s1. The molecule has 5 heteroatoms. The average Bonchev–Trinajstić information content (AvgIpc) is 2.98. The molecule has 0 aromatic heterocycles. The Labute approximate surface area is 182 Å². The number of nitrogens with zero attached hydrogens (tertiary/aromatic N) is 1. The Balaban J connectivity index is 1.57. The first-order valence-corrected chi connectivity index (χ1v) is 10.3. The number of nitrogens with one attached hydrogen (secondary N) is 1. The molecule has 0 unspecified atom stereocenters. The van der Waals surface area contributed by atoms with Crippen LogP contribution in [0, 0.1) is 0 Å². The minimum atomic E-state index is -0.678. The van der Waals surface area contributed by atoms with Crippen LogP contribution in [-0.2, 0) is 22.6 Å². The number of hydrogen-bond donors (Lipinski definition) is 1. The minimum absolute atomic E-state index is 0.158. The first-order valence-electron chi connectivity index (χ1n) is 10.3. The van der Waals surface area contributed by atoms with Gasteiger partial charge >= 0.3 is 6.09 Å². The van der Waals surface area contributed by atoms with E-state index in [-0.39, 0.29) is 19.1 Å². The molecule has 5 nitrogen and oxygen atoms in total. The first-order chi connectivity index (χ1) is 15.2. The summed E-state index contributed by atoms with van der Waals surface area (Å²) in [6.07, 6.45) is 1.76. The van der Waals surface area contributed by atoms with Gasteiger partial charge in [-0.2, -0.15) is 0 Å². The smallest absolute Gasteiger partial charge is 0.411 e. The molecule has 0 spiro atoms. The summed E-state index contributed by atoms with van der Waals surface area (Å²) in [6.45, 7) is 0.430. The van der Waals surface area contributed by atoms with E-state index in [9.17, 15) is 9.59 Å². The van der Waals surface area contributed by atoms with Crippen LogP contribution in [0.4, 0.5) is 4.79 Å². The molecule has 0 aliphatic carbocycles. The molecule has 1 aliphatic heterocycles. The van der Waals surface area contributed by atoms with Gasteiger partial charge in [0, 0.05) is 18.7 Å².